The molecule has 1 rings (SSSR count). The topological polar surface area (TPSA) is 53.4 Å². The molecule has 0 aliphatic heterocycles. The standard InChI is InChI=1S/C12H17ClN2O2S/c1-8(6-7-18-3)15(2)11-9(12(16)17)4-5-10(13)14-11/h4-5,8H,6-7H2,1-3H3,(H,16,17). The number of carboxylic acids is 1. The Balaban J connectivity index is 2.99. The predicted molar refractivity (Wildman–Crippen MR) is 77.1 cm³/mol. The molecular weight excluding hydrogens is 272 g/mol. The van der Waals surface area contributed by atoms with Crippen molar-refractivity contribution in [2.75, 3.05) is 24.0 Å². The van der Waals surface area contributed by atoms with Crippen LogP contribution in [-0.2, 0) is 0 Å². The van der Waals surface area contributed by atoms with Crippen molar-refractivity contribution in [3.05, 3.63) is 22.8 Å². The fraction of sp³-hybridized carbons (Fsp3) is 0.500. The van der Waals surface area contributed by atoms with Crippen LogP contribution in [0.1, 0.15) is 23.7 Å². The van der Waals surface area contributed by atoms with Crippen molar-refractivity contribution < 1.29 is 9.90 Å². The molecule has 0 bridgehead atoms. The minimum atomic E-state index is -0.988. The second-order valence-corrected chi connectivity index (χ2v) is 5.42. The molecule has 1 atom stereocenters. The number of carbonyl (C=O) groups is 1. The fourth-order valence-electron chi connectivity index (χ4n) is 1.55. The Morgan fingerprint density at radius 3 is 2.83 bits per heavy atom. The summed E-state index contributed by atoms with van der Waals surface area (Å²) in [6.07, 6.45) is 3.01. The largest absolute Gasteiger partial charge is 0.478 e. The van der Waals surface area contributed by atoms with E-state index < -0.39 is 5.97 Å². The lowest BCUT2D eigenvalue weighted by molar-refractivity contribution is 0.0697. The van der Waals surface area contributed by atoms with Crippen LogP contribution in [0.25, 0.3) is 0 Å². The molecule has 1 heterocycles. The van der Waals surface area contributed by atoms with Crippen molar-refractivity contribution in [2.24, 2.45) is 0 Å². The number of nitrogens with zero attached hydrogens (tertiary/aromatic N) is 2. The lowest BCUT2D eigenvalue weighted by Crippen LogP contribution is -2.31. The van der Waals surface area contributed by atoms with E-state index in [2.05, 4.69) is 4.98 Å². The maximum atomic E-state index is 11.2. The molecule has 0 fully saturated rings. The second kappa shape index (κ2) is 6.85. The number of aromatic nitrogens is 1. The van der Waals surface area contributed by atoms with E-state index in [0.29, 0.717) is 11.0 Å². The van der Waals surface area contributed by atoms with Gasteiger partial charge in [-0.1, -0.05) is 11.6 Å². The van der Waals surface area contributed by atoms with Crippen LogP contribution in [0.2, 0.25) is 5.15 Å². The van der Waals surface area contributed by atoms with Gasteiger partial charge in [0, 0.05) is 13.1 Å². The second-order valence-electron chi connectivity index (χ2n) is 4.05. The third-order valence-electron chi connectivity index (χ3n) is 2.81. The Labute approximate surface area is 116 Å². The first-order valence-corrected chi connectivity index (χ1v) is 7.36. The zero-order chi connectivity index (χ0) is 13.7. The van der Waals surface area contributed by atoms with E-state index in [4.69, 9.17) is 16.7 Å². The van der Waals surface area contributed by atoms with Gasteiger partial charge in [0.1, 0.15) is 16.5 Å². The number of hydrogen-bond donors (Lipinski definition) is 1. The lowest BCUT2D eigenvalue weighted by atomic mass is 10.2. The van der Waals surface area contributed by atoms with Crippen molar-refractivity contribution >= 4 is 35.1 Å². The van der Waals surface area contributed by atoms with Crippen molar-refractivity contribution in [3.8, 4) is 0 Å². The highest BCUT2D eigenvalue weighted by atomic mass is 35.5. The number of anilines is 1. The van der Waals surface area contributed by atoms with Gasteiger partial charge in [0.25, 0.3) is 0 Å². The number of aromatic carboxylic acids is 1. The molecule has 1 unspecified atom stereocenters. The van der Waals surface area contributed by atoms with Crippen LogP contribution in [0, 0.1) is 0 Å². The summed E-state index contributed by atoms with van der Waals surface area (Å²) in [6.45, 7) is 2.05. The van der Waals surface area contributed by atoms with E-state index in [1.165, 1.54) is 12.1 Å². The summed E-state index contributed by atoms with van der Waals surface area (Å²) in [5.74, 6) is 0.454. The Hall–Kier alpha value is -0.940. The molecule has 100 valence electrons. The molecule has 0 amide bonds. The average Bonchev–Trinajstić information content (AvgIpc) is 2.34. The van der Waals surface area contributed by atoms with Crippen LogP contribution in [0.5, 0.6) is 0 Å². The quantitative estimate of drug-likeness (QED) is 0.816. The third-order valence-corrected chi connectivity index (χ3v) is 3.66. The molecular formula is C12H17ClN2O2S. The first-order valence-electron chi connectivity index (χ1n) is 5.59. The van der Waals surface area contributed by atoms with Gasteiger partial charge in [-0.15, -0.1) is 0 Å². The number of pyridine rings is 1. The number of halogens is 1. The molecule has 1 aromatic heterocycles. The molecule has 18 heavy (non-hydrogen) atoms. The van der Waals surface area contributed by atoms with Gasteiger partial charge < -0.3 is 10.0 Å². The summed E-state index contributed by atoms with van der Waals surface area (Å²) in [6, 6.07) is 3.20. The van der Waals surface area contributed by atoms with E-state index >= 15 is 0 Å². The van der Waals surface area contributed by atoms with Gasteiger partial charge in [-0.2, -0.15) is 11.8 Å². The van der Waals surface area contributed by atoms with Gasteiger partial charge in [0.05, 0.1) is 0 Å². The van der Waals surface area contributed by atoms with Gasteiger partial charge in [0.15, 0.2) is 0 Å². The molecule has 0 saturated heterocycles. The van der Waals surface area contributed by atoms with Crippen molar-refractivity contribution in [1.82, 2.24) is 4.98 Å². The average molecular weight is 289 g/mol. The van der Waals surface area contributed by atoms with Crippen LogP contribution in [0.3, 0.4) is 0 Å². The lowest BCUT2D eigenvalue weighted by Gasteiger charge is -2.27. The van der Waals surface area contributed by atoms with Crippen LogP contribution in [-0.4, -0.2) is 41.2 Å². The van der Waals surface area contributed by atoms with Gasteiger partial charge in [-0.05, 0) is 37.5 Å². The fourth-order valence-corrected chi connectivity index (χ4v) is 2.27. The Kier molecular flexibility index (Phi) is 5.75. The highest BCUT2D eigenvalue weighted by Crippen LogP contribution is 2.22. The summed E-state index contributed by atoms with van der Waals surface area (Å²) >= 11 is 7.61. The summed E-state index contributed by atoms with van der Waals surface area (Å²) in [5.41, 5.74) is 0.179. The molecule has 0 radical (unpaired) electrons. The van der Waals surface area contributed by atoms with Crippen molar-refractivity contribution in [3.63, 3.8) is 0 Å². The Morgan fingerprint density at radius 1 is 1.61 bits per heavy atom. The van der Waals surface area contributed by atoms with E-state index in [1.807, 2.05) is 25.1 Å². The van der Waals surface area contributed by atoms with Gasteiger partial charge in [-0.3, -0.25) is 0 Å². The van der Waals surface area contributed by atoms with Crippen LogP contribution >= 0.6 is 23.4 Å². The molecule has 0 aromatic carbocycles. The van der Waals surface area contributed by atoms with E-state index in [9.17, 15) is 4.79 Å². The van der Waals surface area contributed by atoms with E-state index in [0.717, 1.165) is 12.2 Å². The third kappa shape index (κ3) is 3.78. The minimum absolute atomic E-state index is 0.179. The summed E-state index contributed by atoms with van der Waals surface area (Å²) in [7, 11) is 1.84. The maximum Gasteiger partial charge on any atom is 0.339 e. The molecule has 0 saturated carbocycles. The first kappa shape index (κ1) is 15.1. The predicted octanol–water partition coefficient (Wildman–Crippen LogP) is 3.01. The monoisotopic (exact) mass is 288 g/mol. The smallest absolute Gasteiger partial charge is 0.339 e. The zero-order valence-corrected chi connectivity index (χ0v) is 12.3. The van der Waals surface area contributed by atoms with E-state index in [-0.39, 0.29) is 11.6 Å². The molecule has 6 heteroatoms. The summed E-state index contributed by atoms with van der Waals surface area (Å²) < 4.78 is 0. The van der Waals surface area contributed by atoms with Crippen molar-refractivity contribution in [1.29, 1.82) is 0 Å². The molecule has 4 nitrogen and oxygen atoms in total. The first-order chi connectivity index (χ1) is 8.47. The molecule has 1 aromatic rings. The number of thioether (sulfide) groups is 1. The normalized spacial score (nSPS) is 12.2. The summed E-state index contributed by atoms with van der Waals surface area (Å²) in [5, 5.41) is 9.45. The van der Waals surface area contributed by atoms with Crippen molar-refractivity contribution in [2.45, 2.75) is 19.4 Å². The highest BCUT2D eigenvalue weighted by molar-refractivity contribution is 7.98. The SMILES string of the molecule is CSCCC(C)N(C)c1nc(Cl)ccc1C(=O)O. The Morgan fingerprint density at radius 2 is 2.28 bits per heavy atom. The molecule has 0 aliphatic rings. The minimum Gasteiger partial charge on any atom is -0.478 e. The molecule has 0 spiro atoms. The van der Waals surface area contributed by atoms with Crippen LogP contribution in [0.15, 0.2) is 12.1 Å². The van der Waals surface area contributed by atoms with Gasteiger partial charge in [0.2, 0.25) is 0 Å². The zero-order valence-electron chi connectivity index (χ0n) is 10.7. The highest BCUT2D eigenvalue weighted by Gasteiger charge is 2.19. The Bertz CT molecular complexity index is 429. The van der Waals surface area contributed by atoms with E-state index in [1.54, 1.807) is 11.8 Å². The van der Waals surface area contributed by atoms with Crippen LogP contribution in [0.4, 0.5) is 5.82 Å². The van der Waals surface area contributed by atoms with Gasteiger partial charge >= 0.3 is 5.97 Å². The number of rotatable bonds is 6. The summed E-state index contributed by atoms with van der Waals surface area (Å²) in [4.78, 5) is 17.2. The molecule has 0 aliphatic carbocycles. The molecule has 1 N–H and O–H groups in total. The van der Waals surface area contributed by atoms with Gasteiger partial charge in [-0.25, -0.2) is 9.78 Å². The number of hydrogen-bond acceptors (Lipinski definition) is 4. The maximum absolute atomic E-state index is 11.2. The number of carboxylic acid groups (broad SMARTS) is 1. The van der Waals surface area contributed by atoms with Crippen LogP contribution < -0.4 is 4.90 Å².